The van der Waals surface area contributed by atoms with Crippen molar-refractivity contribution in [3.05, 3.63) is 46.2 Å². The van der Waals surface area contributed by atoms with Crippen LogP contribution >= 0.6 is 0 Å². The highest BCUT2D eigenvalue weighted by Crippen LogP contribution is 2.33. The van der Waals surface area contributed by atoms with Gasteiger partial charge in [-0.15, -0.1) is 0 Å². The number of fused-ring (bicyclic) bond motifs is 2. The van der Waals surface area contributed by atoms with Crippen molar-refractivity contribution in [2.45, 2.75) is 76.8 Å². The molecule has 178 valence electrons. The molecule has 5 nitrogen and oxygen atoms in total. The fraction of sp³-hybridized carbons (Fsp3) is 0.643. The molecule has 1 aromatic carbocycles. The first kappa shape index (κ1) is 22.6. The van der Waals surface area contributed by atoms with Crippen LogP contribution in [0.3, 0.4) is 0 Å². The van der Waals surface area contributed by atoms with Crippen molar-refractivity contribution in [1.29, 1.82) is 0 Å². The van der Waals surface area contributed by atoms with E-state index < -0.39 is 0 Å². The highest BCUT2D eigenvalue weighted by molar-refractivity contribution is 5.81. The Balaban J connectivity index is 1.44. The van der Waals surface area contributed by atoms with Crippen molar-refractivity contribution >= 4 is 16.8 Å². The van der Waals surface area contributed by atoms with Gasteiger partial charge in [0.05, 0.1) is 12.1 Å². The Bertz CT molecular complexity index is 1040. The van der Waals surface area contributed by atoms with E-state index in [1.54, 1.807) is 4.57 Å². The van der Waals surface area contributed by atoms with Crippen molar-refractivity contribution in [2.75, 3.05) is 19.6 Å². The van der Waals surface area contributed by atoms with E-state index in [2.05, 4.69) is 15.9 Å². The van der Waals surface area contributed by atoms with E-state index in [0.29, 0.717) is 18.5 Å². The number of piperidine rings is 2. The summed E-state index contributed by atoms with van der Waals surface area (Å²) >= 11 is 0. The topological polar surface area (TPSA) is 45.6 Å². The molecule has 2 saturated heterocycles. The van der Waals surface area contributed by atoms with Crippen LogP contribution in [0.2, 0.25) is 0 Å². The summed E-state index contributed by atoms with van der Waals surface area (Å²) in [7, 11) is 1.85. The highest BCUT2D eigenvalue weighted by Gasteiger charge is 2.36. The van der Waals surface area contributed by atoms with Crippen LogP contribution in [0, 0.1) is 11.8 Å². The number of carbonyl (C=O) groups excluding carboxylic acids is 1. The van der Waals surface area contributed by atoms with Gasteiger partial charge in [0, 0.05) is 31.1 Å². The molecule has 3 fully saturated rings. The van der Waals surface area contributed by atoms with Crippen LogP contribution in [0.25, 0.3) is 10.9 Å². The van der Waals surface area contributed by atoms with E-state index in [1.165, 1.54) is 51.6 Å². The van der Waals surface area contributed by atoms with Gasteiger partial charge in [-0.05, 0) is 75.1 Å². The standard InChI is InChI=1S/C28H39N3O2/c1-29-25-14-6-5-12-22(25)18-24(27(29)32)20-31(28(33)21-10-3-2-4-11-21)19-23-13-9-17-30-16-8-7-15-26(23)30/h5-6,12,14,18,21,23,26H,2-4,7-11,13,15-17,19-20H2,1H3/t23-,26+/m0/s1. The molecule has 2 atom stereocenters. The number of amides is 1. The quantitative estimate of drug-likeness (QED) is 0.664. The van der Waals surface area contributed by atoms with E-state index in [4.69, 9.17) is 0 Å². The normalized spacial score (nSPS) is 24.5. The van der Waals surface area contributed by atoms with E-state index >= 15 is 0 Å². The molecule has 0 radical (unpaired) electrons. The maximum absolute atomic E-state index is 13.8. The van der Waals surface area contributed by atoms with Gasteiger partial charge in [-0.2, -0.15) is 0 Å². The van der Waals surface area contributed by atoms with Gasteiger partial charge >= 0.3 is 0 Å². The first-order valence-corrected chi connectivity index (χ1v) is 13.2. The van der Waals surface area contributed by atoms with Crippen LogP contribution in [0.1, 0.15) is 69.8 Å². The minimum absolute atomic E-state index is 0.0260. The summed E-state index contributed by atoms with van der Waals surface area (Å²) in [6, 6.07) is 10.7. The molecule has 2 aromatic rings. The second kappa shape index (κ2) is 10.0. The Morgan fingerprint density at radius 3 is 2.58 bits per heavy atom. The lowest BCUT2D eigenvalue weighted by Gasteiger charge is -2.46. The van der Waals surface area contributed by atoms with E-state index in [0.717, 1.165) is 48.7 Å². The minimum atomic E-state index is 0.0260. The van der Waals surface area contributed by atoms with Crippen molar-refractivity contribution in [2.24, 2.45) is 18.9 Å². The molecule has 3 aliphatic rings. The SMILES string of the molecule is Cn1c(=O)c(CN(C[C@@H]2CCCN3CCCC[C@H]23)C(=O)C2CCCCC2)cc2ccccc21. The number of pyridine rings is 1. The van der Waals surface area contributed by atoms with Crippen LogP contribution in [-0.4, -0.2) is 46.0 Å². The summed E-state index contributed by atoms with van der Waals surface area (Å²) in [5.74, 6) is 0.947. The van der Waals surface area contributed by atoms with Crippen molar-refractivity contribution in [3.8, 4) is 0 Å². The molecule has 5 rings (SSSR count). The lowest BCUT2D eigenvalue weighted by Crippen LogP contribution is -2.52. The maximum Gasteiger partial charge on any atom is 0.255 e. The second-order valence-corrected chi connectivity index (χ2v) is 10.6. The average molecular weight is 450 g/mol. The third kappa shape index (κ3) is 4.75. The predicted octanol–water partition coefficient (Wildman–Crippen LogP) is 4.71. The Morgan fingerprint density at radius 1 is 0.970 bits per heavy atom. The Morgan fingerprint density at radius 2 is 1.73 bits per heavy atom. The second-order valence-electron chi connectivity index (χ2n) is 10.6. The maximum atomic E-state index is 13.8. The number of benzene rings is 1. The van der Waals surface area contributed by atoms with Crippen LogP contribution < -0.4 is 5.56 Å². The number of para-hydroxylation sites is 1. The van der Waals surface area contributed by atoms with Crippen LogP contribution in [0.4, 0.5) is 0 Å². The zero-order valence-corrected chi connectivity index (χ0v) is 20.2. The van der Waals surface area contributed by atoms with Gasteiger partial charge in [0.2, 0.25) is 5.91 Å². The first-order valence-electron chi connectivity index (χ1n) is 13.2. The van der Waals surface area contributed by atoms with Crippen LogP contribution in [0.15, 0.2) is 35.1 Å². The fourth-order valence-electron chi connectivity index (χ4n) is 6.72. The molecule has 1 amide bonds. The zero-order chi connectivity index (χ0) is 22.8. The highest BCUT2D eigenvalue weighted by atomic mass is 16.2. The molecule has 1 aromatic heterocycles. The molecular formula is C28H39N3O2. The fourth-order valence-corrected chi connectivity index (χ4v) is 6.72. The van der Waals surface area contributed by atoms with E-state index in [-0.39, 0.29) is 17.4 Å². The molecule has 3 heterocycles. The Hall–Kier alpha value is -2.14. The number of aryl methyl sites for hydroxylation is 1. The number of hydrogen-bond acceptors (Lipinski definition) is 3. The summed E-state index contributed by atoms with van der Waals surface area (Å²) < 4.78 is 1.75. The molecule has 33 heavy (non-hydrogen) atoms. The van der Waals surface area contributed by atoms with E-state index in [1.807, 2.05) is 31.3 Å². The summed E-state index contributed by atoms with van der Waals surface area (Å²) in [4.78, 5) is 31.8. The van der Waals surface area contributed by atoms with Crippen LogP contribution in [0.5, 0.6) is 0 Å². The molecule has 0 bridgehead atoms. The van der Waals surface area contributed by atoms with Gasteiger partial charge in [0.1, 0.15) is 0 Å². The number of hydrogen-bond donors (Lipinski definition) is 0. The molecular weight excluding hydrogens is 410 g/mol. The van der Waals surface area contributed by atoms with Gasteiger partial charge < -0.3 is 14.4 Å². The van der Waals surface area contributed by atoms with Gasteiger partial charge in [-0.3, -0.25) is 9.59 Å². The molecule has 2 aliphatic heterocycles. The lowest BCUT2D eigenvalue weighted by atomic mass is 9.82. The molecule has 0 spiro atoms. The first-order chi connectivity index (χ1) is 16.1. The number of aromatic nitrogens is 1. The largest absolute Gasteiger partial charge is 0.338 e. The third-order valence-corrected chi connectivity index (χ3v) is 8.52. The van der Waals surface area contributed by atoms with Gasteiger partial charge in [0.25, 0.3) is 5.56 Å². The third-order valence-electron chi connectivity index (χ3n) is 8.52. The predicted molar refractivity (Wildman–Crippen MR) is 133 cm³/mol. The number of carbonyl (C=O) groups is 1. The van der Waals surface area contributed by atoms with Crippen molar-refractivity contribution in [1.82, 2.24) is 14.4 Å². The Labute approximate surface area is 197 Å². The van der Waals surface area contributed by atoms with E-state index in [9.17, 15) is 9.59 Å². The molecule has 1 aliphatic carbocycles. The Kier molecular flexibility index (Phi) is 6.86. The molecule has 0 unspecified atom stereocenters. The summed E-state index contributed by atoms with van der Waals surface area (Å²) in [5.41, 5.74) is 1.72. The van der Waals surface area contributed by atoms with Gasteiger partial charge in [-0.25, -0.2) is 0 Å². The average Bonchev–Trinajstić information content (AvgIpc) is 2.87. The number of rotatable bonds is 5. The molecule has 5 heteroatoms. The van der Waals surface area contributed by atoms with Crippen molar-refractivity contribution in [3.63, 3.8) is 0 Å². The van der Waals surface area contributed by atoms with Gasteiger partial charge in [-0.1, -0.05) is 43.9 Å². The monoisotopic (exact) mass is 449 g/mol. The van der Waals surface area contributed by atoms with Crippen molar-refractivity contribution < 1.29 is 4.79 Å². The van der Waals surface area contributed by atoms with Gasteiger partial charge in [0.15, 0.2) is 0 Å². The number of nitrogens with zero attached hydrogens (tertiary/aromatic N) is 3. The summed E-state index contributed by atoms with van der Waals surface area (Å²) in [5, 5.41) is 1.07. The van der Waals surface area contributed by atoms with Crippen LogP contribution in [-0.2, 0) is 18.4 Å². The summed E-state index contributed by atoms with van der Waals surface area (Å²) in [6.07, 6.45) is 11.9. The molecule has 1 saturated carbocycles. The lowest BCUT2D eigenvalue weighted by molar-refractivity contribution is -0.138. The minimum Gasteiger partial charge on any atom is -0.338 e. The summed E-state index contributed by atoms with van der Waals surface area (Å²) in [6.45, 7) is 3.66. The smallest absolute Gasteiger partial charge is 0.255 e. The zero-order valence-electron chi connectivity index (χ0n) is 20.2. The molecule has 0 N–H and O–H groups in total.